The zero-order valence-electron chi connectivity index (χ0n) is 25.8. The van der Waals surface area contributed by atoms with Crippen LogP contribution < -0.4 is 26.4 Å². The molecule has 238 valence electrons. The summed E-state index contributed by atoms with van der Waals surface area (Å²) < 4.78 is 15.7. The SMILES string of the molecule is COC(=O)C[C@](N)(C(=O)OCc1ccccc1)c1ccc(NC(=O)Cc2ccc(NC(=O)Nc3ccccc3C)c(OC)c2)cc1. The van der Waals surface area contributed by atoms with Gasteiger partial charge in [0.15, 0.2) is 5.54 Å². The van der Waals surface area contributed by atoms with Crippen LogP contribution in [0.25, 0.3) is 0 Å². The summed E-state index contributed by atoms with van der Waals surface area (Å²) in [5.74, 6) is -1.40. The van der Waals surface area contributed by atoms with E-state index in [0.717, 1.165) is 11.1 Å². The molecule has 46 heavy (non-hydrogen) atoms. The summed E-state index contributed by atoms with van der Waals surface area (Å²) >= 11 is 0. The average Bonchev–Trinajstić information content (AvgIpc) is 3.06. The molecule has 4 rings (SSSR count). The standard InChI is InChI=1S/C35H36N4O7/c1-23-9-7-8-12-28(23)38-34(43)39-29-18-13-25(19-30(29)44-2)20-31(40)37-27-16-14-26(15-17-27)35(36,21-32(41)45-3)33(42)46-22-24-10-5-4-6-11-24/h4-19H,20-22,36H2,1-3H3,(H,37,40)(H2,38,39,43)/t35-/m1/s1. The number of hydrogen-bond donors (Lipinski definition) is 4. The molecule has 0 unspecified atom stereocenters. The number of anilines is 3. The number of carbonyl (C=O) groups is 4. The van der Waals surface area contributed by atoms with Gasteiger partial charge in [0, 0.05) is 11.4 Å². The monoisotopic (exact) mass is 624 g/mol. The lowest BCUT2D eigenvalue weighted by Crippen LogP contribution is -2.48. The zero-order chi connectivity index (χ0) is 33.1. The third-order valence-electron chi connectivity index (χ3n) is 7.18. The van der Waals surface area contributed by atoms with Gasteiger partial charge in [0.2, 0.25) is 5.91 Å². The number of methoxy groups -OCH3 is 2. The van der Waals surface area contributed by atoms with E-state index in [2.05, 4.69) is 16.0 Å². The summed E-state index contributed by atoms with van der Waals surface area (Å²) in [6.45, 7) is 1.88. The first-order valence-electron chi connectivity index (χ1n) is 14.4. The minimum Gasteiger partial charge on any atom is -0.495 e. The highest BCUT2D eigenvalue weighted by Gasteiger charge is 2.40. The van der Waals surface area contributed by atoms with Crippen LogP contribution in [0.3, 0.4) is 0 Å². The van der Waals surface area contributed by atoms with Crippen LogP contribution in [-0.2, 0) is 42.4 Å². The average molecular weight is 625 g/mol. The predicted octanol–water partition coefficient (Wildman–Crippen LogP) is 5.29. The van der Waals surface area contributed by atoms with Crippen LogP contribution in [0.1, 0.15) is 28.7 Å². The Morgan fingerprint density at radius 2 is 1.43 bits per heavy atom. The largest absolute Gasteiger partial charge is 0.495 e. The maximum absolute atomic E-state index is 13.1. The minimum absolute atomic E-state index is 0.0166. The summed E-state index contributed by atoms with van der Waals surface area (Å²) in [6.07, 6.45) is -0.425. The van der Waals surface area contributed by atoms with Crippen molar-refractivity contribution in [2.75, 3.05) is 30.2 Å². The molecule has 1 atom stereocenters. The molecule has 0 bridgehead atoms. The molecule has 0 spiro atoms. The second-order valence-electron chi connectivity index (χ2n) is 10.5. The lowest BCUT2D eigenvalue weighted by Gasteiger charge is -2.27. The van der Waals surface area contributed by atoms with Gasteiger partial charge in [0.25, 0.3) is 0 Å². The van der Waals surface area contributed by atoms with Crippen molar-refractivity contribution in [2.45, 2.75) is 31.9 Å². The fourth-order valence-corrected chi connectivity index (χ4v) is 4.62. The highest BCUT2D eigenvalue weighted by atomic mass is 16.5. The van der Waals surface area contributed by atoms with Crippen molar-refractivity contribution in [3.63, 3.8) is 0 Å². The smallest absolute Gasteiger partial charge is 0.331 e. The van der Waals surface area contributed by atoms with Crippen molar-refractivity contribution in [3.8, 4) is 5.75 Å². The van der Waals surface area contributed by atoms with Crippen LogP contribution in [0.15, 0.2) is 97.1 Å². The van der Waals surface area contributed by atoms with Crippen LogP contribution in [0, 0.1) is 6.92 Å². The van der Waals surface area contributed by atoms with Gasteiger partial charge in [-0.15, -0.1) is 0 Å². The molecule has 0 saturated heterocycles. The van der Waals surface area contributed by atoms with E-state index in [1.807, 2.05) is 43.3 Å². The fraction of sp³-hybridized carbons (Fsp3) is 0.200. The summed E-state index contributed by atoms with van der Waals surface area (Å²) in [5.41, 5.74) is 8.88. The molecule has 11 nitrogen and oxygen atoms in total. The number of amides is 3. The molecule has 5 N–H and O–H groups in total. The first kappa shape index (κ1) is 33.2. The van der Waals surface area contributed by atoms with Gasteiger partial charge >= 0.3 is 18.0 Å². The van der Waals surface area contributed by atoms with E-state index >= 15 is 0 Å². The van der Waals surface area contributed by atoms with E-state index in [4.69, 9.17) is 19.9 Å². The molecule has 0 aliphatic carbocycles. The predicted molar refractivity (Wildman–Crippen MR) is 174 cm³/mol. The van der Waals surface area contributed by atoms with Crippen molar-refractivity contribution in [2.24, 2.45) is 5.73 Å². The Bertz CT molecular complexity index is 1690. The van der Waals surface area contributed by atoms with E-state index in [1.54, 1.807) is 60.7 Å². The maximum Gasteiger partial charge on any atom is 0.331 e. The van der Waals surface area contributed by atoms with Crippen molar-refractivity contribution in [3.05, 3.63) is 119 Å². The second kappa shape index (κ2) is 15.4. The summed E-state index contributed by atoms with van der Waals surface area (Å²) in [6, 6.07) is 27.4. The maximum atomic E-state index is 13.1. The van der Waals surface area contributed by atoms with Crippen molar-refractivity contribution < 1.29 is 33.4 Å². The highest BCUT2D eigenvalue weighted by molar-refractivity contribution is 6.01. The Morgan fingerprint density at radius 1 is 0.761 bits per heavy atom. The molecule has 11 heteroatoms. The molecule has 0 saturated carbocycles. The molecule has 4 aromatic rings. The first-order chi connectivity index (χ1) is 22.1. The minimum atomic E-state index is -1.81. The van der Waals surface area contributed by atoms with Crippen LogP contribution >= 0.6 is 0 Å². The normalized spacial score (nSPS) is 11.8. The number of carbonyl (C=O) groups excluding carboxylic acids is 4. The second-order valence-corrected chi connectivity index (χ2v) is 10.5. The molecule has 0 aliphatic heterocycles. The molecule has 0 fully saturated rings. The third-order valence-corrected chi connectivity index (χ3v) is 7.18. The first-order valence-corrected chi connectivity index (χ1v) is 14.4. The van der Waals surface area contributed by atoms with E-state index in [0.29, 0.717) is 33.9 Å². The van der Waals surface area contributed by atoms with Crippen molar-refractivity contribution in [1.29, 1.82) is 0 Å². The van der Waals surface area contributed by atoms with E-state index in [-0.39, 0.29) is 18.9 Å². The van der Waals surface area contributed by atoms with Gasteiger partial charge in [-0.1, -0.05) is 66.7 Å². The number of benzene rings is 4. The Morgan fingerprint density at radius 3 is 2.11 bits per heavy atom. The molecule has 0 radical (unpaired) electrons. The van der Waals surface area contributed by atoms with E-state index in [9.17, 15) is 19.2 Å². The van der Waals surface area contributed by atoms with Gasteiger partial charge in [0.1, 0.15) is 12.4 Å². The quantitative estimate of drug-likeness (QED) is 0.155. The van der Waals surface area contributed by atoms with Gasteiger partial charge in [0.05, 0.1) is 32.7 Å². The third kappa shape index (κ3) is 8.70. The fourth-order valence-electron chi connectivity index (χ4n) is 4.62. The van der Waals surface area contributed by atoms with Crippen LogP contribution in [0.4, 0.5) is 21.9 Å². The van der Waals surface area contributed by atoms with Crippen molar-refractivity contribution >= 4 is 40.9 Å². The van der Waals surface area contributed by atoms with Crippen LogP contribution in [0.2, 0.25) is 0 Å². The highest BCUT2D eigenvalue weighted by Crippen LogP contribution is 2.28. The zero-order valence-corrected chi connectivity index (χ0v) is 25.8. The molecule has 0 aromatic heterocycles. The molecular formula is C35H36N4O7. The molecule has 0 heterocycles. The summed E-state index contributed by atoms with van der Waals surface area (Å²) in [5, 5.41) is 8.37. The Kier molecular flexibility index (Phi) is 11.1. The Labute approximate surface area is 267 Å². The summed E-state index contributed by atoms with van der Waals surface area (Å²) in [7, 11) is 2.68. The van der Waals surface area contributed by atoms with Gasteiger partial charge in [-0.25, -0.2) is 9.59 Å². The number of nitrogens with two attached hydrogens (primary N) is 1. The molecule has 3 amide bonds. The number of esters is 2. The molecule has 4 aromatic carbocycles. The number of para-hydroxylation sites is 1. The summed E-state index contributed by atoms with van der Waals surface area (Å²) in [4.78, 5) is 50.7. The Hall–Kier alpha value is -5.68. The number of hydrogen-bond acceptors (Lipinski definition) is 8. The van der Waals surface area contributed by atoms with Crippen molar-refractivity contribution in [1.82, 2.24) is 0 Å². The van der Waals surface area contributed by atoms with Crippen LogP contribution in [0.5, 0.6) is 5.75 Å². The lowest BCUT2D eigenvalue weighted by atomic mass is 9.87. The van der Waals surface area contributed by atoms with Gasteiger partial charge in [-0.05, 0) is 59.5 Å². The Balaban J connectivity index is 1.39. The van der Waals surface area contributed by atoms with Gasteiger partial charge < -0.3 is 35.9 Å². The number of urea groups is 1. The number of aryl methyl sites for hydroxylation is 1. The lowest BCUT2D eigenvalue weighted by molar-refractivity contribution is -0.157. The number of nitrogens with one attached hydrogen (secondary N) is 3. The van der Waals surface area contributed by atoms with Crippen LogP contribution in [-0.4, -0.2) is 38.1 Å². The van der Waals surface area contributed by atoms with E-state index < -0.39 is 29.9 Å². The molecule has 0 aliphatic rings. The topological polar surface area (TPSA) is 158 Å². The van der Waals surface area contributed by atoms with Gasteiger partial charge in [-0.3, -0.25) is 9.59 Å². The van der Waals surface area contributed by atoms with E-state index in [1.165, 1.54) is 14.2 Å². The number of rotatable bonds is 12. The molecular weight excluding hydrogens is 588 g/mol. The number of ether oxygens (including phenoxy) is 3. The van der Waals surface area contributed by atoms with Gasteiger partial charge in [-0.2, -0.15) is 0 Å².